The summed E-state index contributed by atoms with van der Waals surface area (Å²) >= 11 is 0. The minimum Gasteiger partial charge on any atom is -0.508 e. The maximum absolute atomic E-state index is 12.9. The van der Waals surface area contributed by atoms with Gasteiger partial charge in [-0.05, 0) is 124 Å². The van der Waals surface area contributed by atoms with Crippen molar-refractivity contribution in [2.45, 2.75) is 178 Å². The van der Waals surface area contributed by atoms with Crippen LogP contribution in [0.1, 0.15) is 146 Å². The Labute approximate surface area is 359 Å². The van der Waals surface area contributed by atoms with Gasteiger partial charge in [-0.3, -0.25) is 4.79 Å². The van der Waals surface area contributed by atoms with Gasteiger partial charge in [0.2, 0.25) is 0 Å². The lowest BCUT2D eigenvalue weighted by atomic mass is 9.74. The van der Waals surface area contributed by atoms with Crippen molar-refractivity contribution in [2.24, 2.45) is 5.92 Å². The summed E-state index contributed by atoms with van der Waals surface area (Å²) in [7, 11) is 0. The van der Waals surface area contributed by atoms with Crippen LogP contribution in [0.2, 0.25) is 0 Å². The normalized spacial score (nSPS) is 24.2. The number of hydrogen-bond acceptors (Lipinski definition) is 9. The maximum atomic E-state index is 12.9. The number of hydrogen-bond donors (Lipinski definition) is 9. The second-order valence-electron chi connectivity index (χ2n) is 17.6. The smallest absolute Gasteiger partial charge is 0.303 e. The maximum Gasteiger partial charge on any atom is 0.303 e. The van der Waals surface area contributed by atoms with Crippen molar-refractivity contribution in [1.29, 1.82) is 0 Å². The van der Waals surface area contributed by atoms with Gasteiger partial charge < -0.3 is 46.4 Å². The summed E-state index contributed by atoms with van der Waals surface area (Å²) in [6.45, 7) is 5.61. The van der Waals surface area contributed by atoms with Crippen LogP contribution in [0, 0.1) is 17.8 Å². The van der Waals surface area contributed by atoms with E-state index in [9.17, 15) is 40.5 Å². The summed E-state index contributed by atoms with van der Waals surface area (Å²) in [6.07, 6.45) is 13.3. The lowest BCUT2D eigenvalue weighted by molar-refractivity contribution is -0.138. The van der Waals surface area contributed by atoms with Gasteiger partial charge in [-0.1, -0.05) is 93.4 Å². The number of phenols is 1. The van der Waals surface area contributed by atoms with Crippen molar-refractivity contribution in [1.82, 2.24) is 10.6 Å². The molecule has 1 fully saturated rings. The molecule has 60 heavy (non-hydrogen) atoms. The minimum absolute atomic E-state index is 0.00273. The number of carboxylic acids is 1. The molecule has 2 aliphatic heterocycles. The number of aryl methyl sites for hydroxylation is 1. The molecule has 0 bridgehead atoms. The third-order valence-electron chi connectivity index (χ3n) is 12.8. The van der Waals surface area contributed by atoms with Crippen LogP contribution in [-0.4, -0.2) is 96.9 Å². The Hall–Kier alpha value is -3.53. The van der Waals surface area contributed by atoms with E-state index in [0.29, 0.717) is 44.9 Å². The van der Waals surface area contributed by atoms with Crippen LogP contribution in [0.4, 0.5) is 0 Å². The predicted molar refractivity (Wildman–Crippen MR) is 239 cm³/mol. The molecular weight excluding hydrogens is 757 g/mol. The zero-order valence-electron chi connectivity index (χ0n) is 36.4. The molecule has 10 nitrogen and oxygen atoms in total. The van der Waals surface area contributed by atoms with Crippen LogP contribution in [0.5, 0.6) is 5.75 Å². The topological polar surface area (TPSA) is 183 Å². The molecule has 0 unspecified atom stereocenters. The first-order valence-electron chi connectivity index (χ1n) is 22.7. The van der Waals surface area contributed by atoms with Gasteiger partial charge >= 0.3 is 5.97 Å². The molecule has 0 spiro atoms. The van der Waals surface area contributed by atoms with E-state index in [1.165, 1.54) is 0 Å². The lowest BCUT2D eigenvalue weighted by Gasteiger charge is -2.42. The lowest BCUT2D eigenvalue weighted by Crippen LogP contribution is -2.56. The number of unbranched alkanes of at least 4 members (excludes halogenated alkanes) is 2. The fourth-order valence-electron chi connectivity index (χ4n) is 9.35. The van der Waals surface area contributed by atoms with Crippen LogP contribution < -0.4 is 10.6 Å². The van der Waals surface area contributed by atoms with Gasteiger partial charge in [-0.25, -0.2) is 0 Å². The molecule has 9 N–H and O–H groups in total. The predicted octanol–water partition coefficient (Wildman–Crippen LogP) is 7.04. The SMILES string of the molecule is CCCCC[C@H](O)C=CC1=C(C[C@H](O)CO)[C@H](CCC[C@@H]2N[C@H](C)CCC[C@H]2CC(=O)O)N[C@@H]([C@@](C)(O)[C@H](CCCO)c2ccc(O)cc2)CC#Cc2ccccc2CC1. The molecule has 10 heteroatoms. The summed E-state index contributed by atoms with van der Waals surface area (Å²) in [6, 6.07) is 14.1. The Kier molecular flexibility index (Phi) is 20.8. The quantitative estimate of drug-likeness (QED) is 0.0468. The molecular formula is C50H74N2O8. The average molecular weight is 831 g/mol. The van der Waals surface area contributed by atoms with Crippen LogP contribution in [0.15, 0.2) is 71.8 Å². The highest BCUT2D eigenvalue weighted by Gasteiger charge is 2.41. The van der Waals surface area contributed by atoms with E-state index in [1.807, 2.05) is 49.4 Å². The van der Waals surface area contributed by atoms with Gasteiger partial charge in [-0.2, -0.15) is 0 Å². The Bertz CT molecular complexity index is 1710. The number of phenolic OH excluding ortho intramolecular Hbond substituents is 1. The Morgan fingerprint density at radius 1 is 0.967 bits per heavy atom. The van der Waals surface area contributed by atoms with Gasteiger partial charge in [-0.15, -0.1) is 0 Å². The first-order chi connectivity index (χ1) is 28.9. The van der Waals surface area contributed by atoms with Crippen molar-refractivity contribution in [3.8, 4) is 17.6 Å². The van der Waals surface area contributed by atoms with Crippen LogP contribution >= 0.6 is 0 Å². The highest BCUT2D eigenvalue weighted by Crippen LogP contribution is 2.38. The second-order valence-corrected chi connectivity index (χ2v) is 17.6. The van der Waals surface area contributed by atoms with Gasteiger partial charge in [0, 0.05) is 55.1 Å². The van der Waals surface area contributed by atoms with Crippen molar-refractivity contribution in [3.05, 3.63) is 88.5 Å². The summed E-state index contributed by atoms with van der Waals surface area (Å²) in [5.41, 5.74) is 3.18. The number of fused-ring (bicyclic) bond motifs is 1. The minimum atomic E-state index is -1.43. The monoisotopic (exact) mass is 831 g/mol. The number of carboxylic acid groups (broad SMARTS) is 1. The summed E-state index contributed by atoms with van der Waals surface area (Å²) in [5.74, 6) is 5.69. The van der Waals surface area contributed by atoms with E-state index in [0.717, 1.165) is 72.8 Å². The third kappa shape index (κ3) is 15.4. The summed E-state index contributed by atoms with van der Waals surface area (Å²) in [5, 5.41) is 83.2. The molecule has 2 heterocycles. The molecule has 9 atom stereocenters. The average Bonchev–Trinajstić information content (AvgIpc) is 3.39. The van der Waals surface area contributed by atoms with Gasteiger partial charge in [0.25, 0.3) is 0 Å². The van der Waals surface area contributed by atoms with E-state index < -0.39 is 48.4 Å². The number of aliphatic hydroxyl groups is 5. The number of aromatic hydroxyl groups is 1. The zero-order valence-corrected chi connectivity index (χ0v) is 36.4. The largest absolute Gasteiger partial charge is 0.508 e. The van der Waals surface area contributed by atoms with E-state index in [-0.39, 0.29) is 49.6 Å². The Morgan fingerprint density at radius 3 is 2.45 bits per heavy atom. The highest BCUT2D eigenvalue weighted by atomic mass is 16.4. The number of carbonyl (C=O) groups is 1. The Balaban J connectivity index is 1.88. The van der Waals surface area contributed by atoms with Crippen molar-refractivity contribution >= 4 is 5.97 Å². The van der Waals surface area contributed by atoms with Gasteiger partial charge in [0.05, 0.1) is 24.4 Å². The number of rotatable bonds is 21. The molecule has 0 aromatic heterocycles. The molecule has 0 amide bonds. The fourth-order valence-corrected chi connectivity index (χ4v) is 9.35. The van der Waals surface area contributed by atoms with Crippen LogP contribution in [0.25, 0.3) is 0 Å². The molecule has 0 saturated carbocycles. The van der Waals surface area contributed by atoms with Crippen LogP contribution in [-0.2, 0) is 11.2 Å². The van der Waals surface area contributed by atoms with Crippen molar-refractivity contribution in [3.63, 3.8) is 0 Å². The summed E-state index contributed by atoms with van der Waals surface area (Å²) in [4.78, 5) is 12.0. The molecule has 2 aliphatic rings. The van der Waals surface area contributed by atoms with E-state index in [1.54, 1.807) is 12.1 Å². The molecule has 0 aliphatic carbocycles. The van der Waals surface area contributed by atoms with Crippen molar-refractivity contribution < 1.29 is 40.5 Å². The van der Waals surface area contributed by atoms with Gasteiger partial charge in [0.1, 0.15) is 5.75 Å². The number of aliphatic carboxylic acids is 1. The van der Waals surface area contributed by atoms with E-state index >= 15 is 0 Å². The number of nitrogens with one attached hydrogen (secondary N) is 2. The fraction of sp³-hybridized carbons (Fsp3) is 0.620. The molecule has 0 radical (unpaired) electrons. The first-order valence-corrected chi connectivity index (χ1v) is 22.7. The van der Waals surface area contributed by atoms with Gasteiger partial charge in [0.15, 0.2) is 0 Å². The third-order valence-corrected chi connectivity index (χ3v) is 12.8. The molecule has 2 aromatic rings. The molecule has 4 rings (SSSR count). The highest BCUT2D eigenvalue weighted by molar-refractivity contribution is 5.67. The molecule has 2 aromatic carbocycles. The summed E-state index contributed by atoms with van der Waals surface area (Å²) < 4.78 is 0. The standard InChI is InChI=1S/C50H74N2O8/c1-4-5-6-18-41(55)28-25-38-24-23-37-15-8-7-14-36(37)16-10-22-48(50(3,60)45(19-12-31-53)39-26-29-42(56)30-27-39)52-47(44(38)33-43(57)34-54)21-11-20-46-40(32-49(58)59)17-9-13-35(2)51-46/h7-8,14-15,25-30,35,40-41,43,45-48,51-57,60H,4-6,9,11-13,17-24,31-34H2,1-3H3,(H,58,59)/t35-,40+,41+,43+,45-,46+,47+,48-,50+/m1/s1. The zero-order chi connectivity index (χ0) is 43.5. The van der Waals surface area contributed by atoms with Crippen LogP contribution in [0.3, 0.4) is 0 Å². The molecule has 1 saturated heterocycles. The van der Waals surface area contributed by atoms with Crippen molar-refractivity contribution in [2.75, 3.05) is 13.2 Å². The number of allylic oxidation sites excluding steroid dienone is 2. The molecule has 332 valence electrons. The first kappa shape index (κ1) is 49.1. The number of benzene rings is 2. The van der Waals surface area contributed by atoms with E-state index in [4.69, 9.17) is 0 Å². The second kappa shape index (κ2) is 25.4. The Morgan fingerprint density at radius 2 is 1.73 bits per heavy atom. The number of aliphatic hydroxyl groups excluding tert-OH is 4. The van der Waals surface area contributed by atoms with E-state index in [2.05, 4.69) is 42.4 Å².